The average molecular weight is 355 g/mol. The number of likely N-dealkylation sites (tertiary alicyclic amines) is 1. The lowest BCUT2D eigenvalue weighted by Gasteiger charge is -2.28. The highest BCUT2D eigenvalue weighted by atomic mass is 16.5. The van der Waals surface area contributed by atoms with E-state index in [9.17, 15) is 4.79 Å². The maximum Gasteiger partial charge on any atom is 0.278 e. The topological polar surface area (TPSA) is 73.8 Å². The van der Waals surface area contributed by atoms with E-state index >= 15 is 0 Å². The molecule has 2 aliphatic rings. The quantitative estimate of drug-likeness (QED) is 0.830. The Bertz CT molecular complexity index is 798. The Morgan fingerprint density at radius 3 is 2.77 bits per heavy atom. The van der Waals surface area contributed by atoms with Gasteiger partial charge in [0.2, 0.25) is 0 Å². The Hall–Kier alpha value is -2.67. The van der Waals surface area contributed by atoms with Crippen LogP contribution in [-0.2, 0) is 22.6 Å². The fourth-order valence-corrected chi connectivity index (χ4v) is 3.42. The van der Waals surface area contributed by atoms with E-state index < -0.39 is 6.10 Å². The highest BCUT2D eigenvalue weighted by molar-refractivity contribution is 5.82. The summed E-state index contributed by atoms with van der Waals surface area (Å²) >= 11 is 0. The van der Waals surface area contributed by atoms with E-state index in [1.807, 2.05) is 23.1 Å². The first kappa shape index (κ1) is 16.8. The van der Waals surface area contributed by atoms with Crippen molar-refractivity contribution in [3.05, 3.63) is 47.8 Å². The monoisotopic (exact) mass is 355 g/mol. The van der Waals surface area contributed by atoms with E-state index in [1.54, 1.807) is 12.4 Å². The number of nitrogens with zero attached hydrogens (tertiary/aromatic N) is 3. The number of rotatable bonds is 4. The number of hydrogen-bond donors (Lipinski definition) is 0. The molecule has 0 spiro atoms. The number of carbonyl (C=O) groups is 1. The zero-order valence-corrected chi connectivity index (χ0v) is 14.6. The first-order chi connectivity index (χ1) is 12.7. The molecule has 1 aromatic heterocycles. The summed E-state index contributed by atoms with van der Waals surface area (Å²) in [6, 6.07) is 8.10. The summed E-state index contributed by atoms with van der Waals surface area (Å²) in [4.78, 5) is 22.9. The second-order valence-electron chi connectivity index (χ2n) is 6.46. The van der Waals surface area contributed by atoms with Crippen molar-refractivity contribution in [2.45, 2.75) is 31.7 Å². The number of fused-ring (bicyclic) bond motifs is 1. The van der Waals surface area contributed by atoms with Gasteiger partial charge in [-0.15, -0.1) is 0 Å². The first-order valence-corrected chi connectivity index (χ1v) is 8.73. The molecule has 1 fully saturated rings. The third kappa shape index (κ3) is 3.35. The third-order valence-electron chi connectivity index (χ3n) is 4.80. The molecule has 1 amide bonds. The molecule has 2 aromatic rings. The normalized spacial score (nSPS) is 22.0. The van der Waals surface area contributed by atoms with Gasteiger partial charge in [-0.25, -0.2) is 9.97 Å². The standard InChI is InChI=1S/C19H21N3O4/c1-24-17-18(21-8-7-20-17)26-15-6-9-22(11-15)19(23)16-10-13-4-2-3-5-14(13)12-25-16/h2-5,7-8,15-16H,6,9-12H2,1H3/t15-,16+/m1/s1. The smallest absolute Gasteiger partial charge is 0.278 e. The van der Waals surface area contributed by atoms with Gasteiger partial charge in [0.1, 0.15) is 12.2 Å². The van der Waals surface area contributed by atoms with E-state index in [4.69, 9.17) is 14.2 Å². The molecule has 7 heteroatoms. The van der Waals surface area contributed by atoms with Gasteiger partial charge in [-0.2, -0.15) is 0 Å². The first-order valence-electron chi connectivity index (χ1n) is 8.73. The number of methoxy groups -OCH3 is 1. The van der Waals surface area contributed by atoms with Crippen molar-refractivity contribution in [1.29, 1.82) is 0 Å². The van der Waals surface area contributed by atoms with Crippen LogP contribution in [0.3, 0.4) is 0 Å². The Morgan fingerprint density at radius 2 is 1.96 bits per heavy atom. The van der Waals surface area contributed by atoms with Gasteiger partial charge in [0.05, 0.1) is 20.3 Å². The Kier molecular flexibility index (Phi) is 4.71. The van der Waals surface area contributed by atoms with Crippen LogP contribution in [0.25, 0.3) is 0 Å². The van der Waals surface area contributed by atoms with Crippen LogP contribution >= 0.6 is 0 Å². The summed E-state index contributed by atoms with van der Waals surface area (Å²) in [6.45, 7) is 1.64. The van der Waals surface area contributed by atoms with E-state index in [1.165, 1.54) is 12.7 Å². The number of aromatic nitrogens is 2. The second-order valence-corrected chi connectivity index (χ2v) is 6.46. The number of benzene rings is 1. The van der Waals surface area contributed by atoms with Crippen molar-refractivity contribution in [2.24, 2.45) is 0 Å². The lowest BCUT2D eigenvalue weighted by molar-refractivity contribution is -0.144. The molecule has 2 atom stereocenters. The summed E-state index contributed by atoms with van der Waals surface area (Å²) in [6.07, 6.45) is 3.93. The molecule has 0 saturated carbocycles. The fraction of sp³-hybridized carbons (Fsp3) is 0.421. The van der Waals surface area contributed by atoms with Crippen molar-refractivity contribution < 1.29 is 19.0 Å². The summed E-state index contributed by atoms with van der Waals surface area (Å²) < 4.78 is 16.8. The zero-order chi connectivity index (χ0) is 17.9. The van der Waals surface area contributed by atoms with Gasteiger partial charge in [-0.3, -0.25) is 4.79 Å². The lowest BCUT2D eigenvalue weighted by atomic mass is 9.98. The zero-order valence-electron chi connectivity index (χ0n) is 14.6. The molecule has 4 rings (SSSR count). The number of amides is 1. The third-order valence-corrected chi connectivity index (χ3v) is 4.80. The van der Waals surface area contributed by atoms with Crippen LogP contribution in [0.15, 0.2) is 36.7 Å². The Balaban J connectivity index is 1.37. The van der Waals surface area contributed by atoms with Crippen LogP contribution in [0.4, 0.5) is 0 Å². The van der Waals surface area contributed by atoms with Crippen LogP contribution in [0.2, 0.25) is 0 Å². The fourth-order valence-electron chi connectivity index (χ4n) is 3.42. The minimum Gasteiger partial charge on any atom is -0.477 e. The van der Waals surface area contributed by atoms with Crippen molar-refractivity contribution >= 4 is 5.91 Å². The van der Waals surface area contributed by atoms with Crippen molar-refractivity contribution in [1.82, 2.24) is 14.9 Å². The molecule has 0 unspecified atom stereocenters. The Labute approximate surface area is 151 Å². The molecule has 0 bridgehead atoms. The summed E-state index contributed by atoms with van der Waals surface area (Å²) in [5.41, 5.74) is 2.35. The SMILES string of the molecule is COc1nccnc1O[C@@H]1CCN(C(=O)[C@@H]2Cc3ccccc3CO2)C1. The molecule has 0 aliphatic carbocycles. The molecule has 1 aromatic carbocycles. The summed E-state index contributed by atoms with van der Waals surface area (Å²) in [5, 5.41) is 0. The number of ether oxygens (including phenoxy) is 3. The molecule has 3 heterocycles. The minimum atomic E-state index is -0.422. The van der Waals surface area contributed by atoms with E-state index in [2.05, 4.69) is 16.0 Å². The molecule has 2 aliphatic heterocycles. The van der Waals surface area contributed by atoms with E-state index in [-0.39, 0.29) is 12.0 Å². The van der Waals surface area contributed by atoms with Gasteiger partial charge < -0.3 is 19.1 Å². The molecular weight excluding hydrogens is 334 g/mol. The summed E-state index contributed by atoms with van der Waals surface area (Å²) in [7, 11) is 1.53. The molecule has 26 heavy (non-hydrogen) atoms. The largest absolute Gasteiger partial charge is 0.477 e. The van der Waals surface area contributed by atoms with Gasteiger partial charge in [0, 0.05) is 31.8 Å². The van der Waals surface area contributed by atoms with Gasteiger partial charge in [-0.1, -0.05) is 24.3 Å². The van der Waals surface area contributed by atoms with Crippen molar-refractivity contribution in [2.75, 3.05) is 20.2 Å². The minimum absolute atomic E-state index is 0.0247. The number of hydrogen-bond acceptors (Lipinski definition) is 6. The predicted molar refractivity (Wildman–Crippen MR) is 92.9 cm³/mol. The van der Waals surface area contributed by atoms with Gasteiger partial charge in [-0.05, 0) is 11.1 Å². The van der Waals surface area contributed by atoms with Crippen LogP contribution in [-0.4, -0.2) is 53.2 Å². The van der Waals surface area contributed by atoms with Crippen LogP contribution in [0.5, 0.6) is 11.8 Å². The maximum absolute atomic E-state index is 12.8. The van der Waals surface area contributed by atoms with Crippen LogP contribution in [0.1, 0.15) is 17.5 Å². The molecule has 0 N–H and O–H groups in total. The van der Waals surface area contributed by atoms with Crippen molar-refractivity contribution in [3.63, 3.8) is 0 Å². The second kappa shape index (κ2) is 7.29. The van der Waals surface area contributed by atoms with Crippen LogP contribution < -0.4 is 9.47 Å². The summed E-state index contributed by atoms with van der Waals surface area (Å²) in [5.74, 6) is 0.735. The van der Waals surface area contributed by atoms with Crippen LogP contribution in [0, 0.1) is 0 Å². The van der Waals surface area contributed by atoms with Crippen molar-refractivity contribution in [3.8, 4) is 11.8 Å². The van der Waals surface area contributed by atoms with Gasteiger partial charge >= 0.3 is 0 Å². The predicted octanol–water partition coefficient (Wildman–Crippen LogP) is 1.61. The Morgan fingerprint density at radius 1 is 1.19 bits per heavy atom. The van der Waals surface area contributed by atoms with E-state index in [0.717, 1.165) is 12.0 Å². The highest BCUT2D eigenvalue weighted by Gasteiger charge is 2.34. The lowest BCUT2D eigenvalue weighted by Crippen LogP contribution is -2.42. The molecule has 0 radical (unpaired) electrons. The maximum atomic E-state index is 12.8. The molecule has 1 saturated heterocycles. The molecular formula is C19H21N3O4. The van der Waals surface area contributed by atoms with Gasteiger partial charge in [0.15, 0.2) is 0 Å². The van der Waals surface area contributed by atoms with E-state index in [0.29, 0.717) is 37.9 Å². The highest BCUT2D eigenvalue weighted by Crippen LogP contribution is 2.26. The molecule has 7 nitrogen and oxygen atoms in total. The molecule has 136 valence electrons. The average Bonchev–Trinajstić information content (AvgIpc) is 3.16. The van der Waals surface area contributed by atoms with Gasteiger partial charge in [0.25, 0.3) is 17.7 Å². The number of carbonyl (C=O) groups excluding carboxylic acids is 1.